The summed E-state index contributed by atoms with van der Waals surface area (Å²) in [6, 6.07) is 0.546. The Bertz CT molecular complexity index is 160. The number of fused-ring (bicyclic) bond motifs is 1. The van der Waals surface area contributed by atoms with Crippen LogP contribution in [-0.4, -0.2) is 23.5 Å². The molecule has 0 amide bonds. The minimum Gasteiger partial charge on any atom is -0.450 e. The fraction of sp³-hybridized carbons (Fsp3) is 0.833. The molecule has 1 aliphatic carbocycles. The molecule has 1 heterocycles. The van der Waals surface area contributed by atoms with Gasteiger partial charge in [0.25, 0.3) is 0 Å². The number of carbonyl (C=O) groups is 1. The number of piperidine rings is 1. The zero-order valence-corrected chi connectivity index (χ0v) is 5.41. The molecule has 0 spiro atoms. The number of carboxylic acid groups (broad SMARTS) is 1. The van der Waals surface area contributed by atoms with E-state index in [9.17, 15) is 4.79 Å². The maximum atomic E-state index is 10.0. The lowest BCUT2D eigenvalue weighted by molar-refractivity contribution is 0.0403. The van der Waals surface area contributed by atoms with Crippen LogP contribution in [0.5, 0.6) is 0 Å². The van der Waals surface area contributed by atoms with E-state index in [1.54, 1.807) is 0 Å². The van der Waals surface area contributed by atoms with E-state index in [1.807, 2.05) is 0 Å². The minimum absolute atomic E-state index is 0.235. The first-order valence-corrected chi connectivity index (χ1v) is 3.41. The van der Waals surface area contributed by atoms with Gasteiger partial charge in [0.05, 0.1) is 0 Å². The molecule has 4 heteroatoms. The summed E-state index contributed by atoms with van der Waals surface area (Å²) in [5.74, 6) is 0.685. The largest absolute Gasteiger partial charge is 0.507 e. The number of hydrogen-bond acceptors (Lipinski definition) is 3. The minimum atomic E-state index is -1.18. The normalized spacial score (nSPS) is 42.6. The third kappa shape index (κ3) is 0.945. The van der Waals surface area contributed by atoms with Gasteiger partial charge < -0.3 is 9.84 Å². The van der Waals surface area contributed by atoms with E-state index >= 15 is 0 Å². The first kappa shape index (κ1) is 5.97. The average Bonchev–Trinajstić information content (AvgIpc) is 2.39. The first-order valence-electron chi connectivity index (χ1n) is 3.41. The van der Waals surface area contributed by atoms with Gasteiger partial charge in [0.15, 0.2) is 6.23 Å². The van der Waals surface area contributed by atoms with Crippen LogP contribution in [-0.2, 0) is 4.74 Å². The molecule has 4 nitrogen and oxygen atoms in total. The molecule has 0 bridgehead atoms. The summed E-state index contributed by atoms with van der Waals surface area (Å²) in [5.41, 5.74) is 0. The Morgan fingerprint density at radius 3 is 2.90 bits per heavy atom. The third-order valence-electron chi connectivity index (χ3n) is 2.08. The number of hydrogen-bond donors (Lipinski definition) is 2. The SMILES string of the molecule is O=C(O)OC1CC2CC2N1. The van der Waals surface area contributed by atoms with E-state index in [1.165, 1.54) is 6.42 Å². The van der Waals surface area contributed by atoms with Crippen molar-refractivity contribution in [2.75, 3.05) is 0 Å². The molecular formula is C6H9NO3. The van der Waals surface area contributed by atoms with E-state index in [0.717, 1.165) is 6.42 Å². The Hall–Kier alpha value is -0.770. The van der Waals surface area contributed by atoms with Crippen LogP contribution < -0.4 is 5.32 Å². The van der Waals surface area contributed by atoms with Crippen LogP contribution in [0.3, 0.4) is 0 Å². The summed E-state index contributed by atoms with van der Waals surface area (Å²) >= 11 is 0. The molecule has 0 aromatic heterocycles. The first-order chi connectivity index (χ1) is 4.75. The van der Waals surface area contributed by atoms with Gasteiger partial charge in [-0.2, -0.15) is 0 Å². The van der Waals surface area contributed by atoms with Crippen LogP contribution in [0.2, 0.25) is 0 Å². The quantitative estimate of drug-likeness (QED) is 0.521. The molecule has 2 N–H and O–H groups in total. The molecule has 56 valence electrons. The van der Waals surface area contributed by atoms with Crippen molar-refractivity contribution in [3.8, 4) is 0 Å². The predicted molar refractivity (Wildman–Crippen MR) is 32.5 cm³/mol. The van der Waals surface area contributed by atoms with Crippen molar-refractivity contribution in [2.24, 2.45) is 5.92 Å². The van der Waals surface area contributed by atoms with Crippen LogP contribution in [0.15, 0.2) is 0 Å². The maximum Gasteiger partial charge on any atom is 0.507 e. The highest BCUT2D eigenvalue weighted by molar-refractivity contribution is 5.57. The zero-order chi connectivity index (χ0) is 7.14. The van der Waals surface area contributed by atoms with Crippen molar-refractivity contribution in [3.63, 3.8) is 0 Å². The van der Waals surface area contributed by atoms with E-state index in [-0.39, 0.29) is 6.23 Å². The molecular weight excluding hydrogens is 134 g/mol. The molecule has 1 saturated carbocycles. The fourth-order valence-electron chi connectivity index (χ4n) is 1.50. The van der Waals surface area contributed by atoms with Gasteiger partial charge in [-0.15, -0.1) is 0 Å². The lowest BCUT2D eigenvalue weighted by Crippen LogP contribution is -2.30. The molecule has 2 aliphatic rings. The van der Waals surface area contributed by atoms with Crippen molar-refractivity contribution < 1.29 is 14.6 Å². The molecule has 0 aromatic carbocycles. The fourth-order valence-corrected chi connectivity index (χ4v) is 1.50. The Kier molecular flexibility index (Phi) is 1.11. The molecule has 10 heavy (non-hydrogen) atoms. The van der Waals surface area contributed by atoms with Gasteiger partial charge in [0.2, 0.25) is 0 Å². The van der Waals surface area contributed by atoms with Crippen LogP contribution in [0.1, 0.15) is 12.8 Å². The average molecular weight is 143 g/mol. The molecule has 2 rings (SSSR count). The van der Waals surface area contributed by atoms with Gasteiger partial charge in [-0.05, 0) is 12.3 Å². The standard InChI is InChI=1S/C6H9NO3/c8-6(9)10-5-2-3-1-4(3)7-5/h3-5,7H,1-2H2,(H,8,9). The molecule has 3 unspecified atom stereocenters. The number of rotatable bonds is 1. The van der Waals surface area contributed by atoms with E-state index < -0.39 is 6.16 Å². The third-order valence-corrected chi connectivity index (χ3v) is 2.08. The lowest BCUT2D eigenvalue weighted by atomic mass is 10.3. The number of nitrogens with one attached hydrogen (secondary N) is 1. The summed E-state index contributed by atoms with van der Waals surface area (Å²) in [7, 11) is 0. The summed E-state index contributed by atoms with van der Waals surface area (Å²) < 4.78 is 4.52. The highest BCUT2D eigenvalue weighted by Gasteiger charge is 2.47. The van der Waals surface area contributed by atoms with Crippen LogP contribution in [0.25, 0.3) is 0 Å². The molecule has 2 fully saturated rings. The van der Waals surface area contributed by atoms with Crippen molar-refractivity contribution in [3.05, 3.63) is 0 Å². The van der Waals surface area contributed by atoms with Crippen molar-refractivity contribution in [2.45, 2.75) is 25.1 Å². The second-order valence-electron chi connectivity index (χ2n) is 2.88. The Labute approximate surface area is 58.2 Å². The molecule has 1 saturated heterocycles. The van der Waals surface area contributed by atoms with Crippen molar-refractivity contribution in [1.29, 1.82) is 0 Å². The monoisotopic (exact) mass is 143 g/mol. The Balaban J connectivity index is 1.80. The van der Waals surface area contributed by atoms with E-state index in [4.69, 9.17) is 5.11 Å². The van der Waals surface area contributed by atoms with Crippen LogP contribution in [0.4, 0.5) is 4.79 Å². The highest BCUT2D eigenvalue weighted by atomic mass is 16.7. The Morgan fingerprint density at radius 1 is 1.60 bits per heavy atom. The van der Waals surface area contributed by atoms with E-state index in [0.29, 0.717) is 12.0 Å². The van der Waals surface area contributed by atoms with Gasteiger partial charge >= 0.3 is 6.16 Å². The number of ether oxygens (including phenoxy) is 1. The van der Waals surface area contributed by atoms with Gasteiger partial charge in [-0.25, -0.2) is 4.79 Å². The van der Waals surface area contributed by atoms with Crippen molar-refractivity contribution in [1.82, 2.24) is 5.32 Å². The highest BCUT2D eigenvalue weighted by Crippen LogP contribution is 2.40. The van der Waals surface area contributed by atoms with Gasteiger partial charge in [0.1, 0.15) is 0 Å². The van der Waals surface area contributed by atoms with Gasteiger partial charge in [0, 0.05) is 12.5 Å². The second-order valence-corrected chi connectivity index (χ2v) is 2.88. The molecule has 1 aliphatic heterocycles. The lowest BCUT2D eigenvalue weighted by Gasteiger charge is -2.10. The second kappa shape index (κ2) is 1.85. The Morgan fingerprint density at radius 2 is 2.40 bits per heavy atom. The maximum absolute atomic E-state index is 10.0. The summed E-state index contributed by atoms with van der Waals surface area (Å²) in [5, 5.41) is 11.3. The predicted octanol–water partition coefficient (Wildman–Crippen LogP) is 0.389. The van der Waals surface area contributed by atoms with Gasteiger partial charge in [-0.3, -0.25) is 5.32 Å². The summed E-state index contributed by atoms with van der Waals surface area (Å²) in [4.78, 5) is 10.0. The molecule has 0 radical (unpaired) electrons. The summed E-state index contributed by atoms with van der Waals surface area (Å²) in [6.45, 7) is 0. The van der Waals surface area contributed by atoms with Crippen molar-refractivity contribution >= 4 is 6.16 Å². The molecule has 3 atom stereocenters. The van der Waals surface area contributed by atoms with Crippen LogP contribution >= 0.6 is 0 Å². The smallest absolute Gasteiger partial charge is 0.450 e. The zero-order valence-electron chi connectivity index (χ0n) is 5.41. The van der Waals surface area contributed by atoms with E-state index in [2.05, 4.69) is 10.1 Å². The summed E-state index contributed by atoms with van der Waals surface area (Å²) in [6.07, 6.45) is 0.635. The van der Waals surface area contributed by atoms with Gasteiger partial charge in [-0.1, -0.05) is 0 Å². The topological polar surface area (TPSA) is 58.6 Å². The molecule has 0 aromatic rings. The van der Waals surface area contributed by atoms with Crippen LogP contribution in [0, 0.1) is 5.92 Å².